The van der Waals surface area contributed by atoms with Gasteiger partial charge in [-0.05, 0) is 96.6 Å². The molecule has 1 aliphatic rings. The zero-order chi connectivity index (χ0) is 18.4. The van der Waals surface area contributed by atoms with Gasteiger partial charge in [-0.1, -0.05) is 11.6 Å². The first-order valence-corrected chi connectivity index (χ1v) is 9.67. The van der Waals surface area contributed by atoms with Gasteiger partial charge in [0.15, 0.2) is 0 Å². The summed E-state index contributed by atoms with van der Waals surface area (Å²) in [5.74, 6) is -0.0960. The van der Waals surface area contributed by atoms with Gasteiger partial charge in [-0.2, -0.15) is 0 Å². The first kappa shape index (κ1) is 17.4. The zero-order valence-corrected chi connectivity index (χ0v) is 17.2. The van der Waals surface area contributed by atoms with Crippen LogP contribution in [0.5, 0.6) is 0 Å². The molecule has 0 bridgehead atoms. The largest absolute Gasteiger partial charge is 0.321 e. The minimum absolute atomic E-state index is 0.0960. The lowest BCUT2D eigenvalue weighted by Gasteiger charge is -2.09. The van der Waals surface area contributed by atoms with Crippen molar-refractivity contribution in [2.75, 3.05) is 5.32 Å². The third-order valence-corrected chi connectivity index (χ3v) is 5.57. The number of anilines is 1. The van der Waals surface area contributed by atoms with Gasteiger partial charge in [-0.25, -0.2) is 0 Å². The van der Waals surface area contributed by atoms with Crippen molar-refractivity contribution >= 4 is 57.4 Å². The van der Waals surface area contributed by atoms with E-state index in [9.17, 15) is 4.79 Å². The molecule has 0 unspecified atom stereocenters. The normalized spacial score (nSPS) is 14.6. The van der Waals surface area contributed by atoms with Crippen molar-refractivity contribution in [3.63, 3.8) is 0 Å². The number of carbonyl (C=O) groups is 1. The zero-order valence-electron chi connectivity index (χ0n) is 14.3. The molecule has 0 spiro atoms. The van der Waals surface area contributed by atoms with Crippen LogP contribution in [0.3, 0.4) is 0 Å². The van der Waals surface area contributed by atoms with Gasteiger partial charge >= 0.3 is 0 Å². The first-order valence-electron chi connectivity index (χ1n) is 8.22. The highest BCUT2D eigenvalue weighted by Gasteiger charge is 2.25. The molecule has 0 saturated carbocycles. The Hall–Kier alpha value is -2.05. The van der Waals surface area contributed by atoms with Crippen molar-refractivity contribution < 1.29 is 4.79 Å². The number of aromatic nitrogens is 1. The lowest BCUT2D eigenvalue weighted by atomic mass is 10.0. The van der Waals surface area contributed by atoms with E-state index in [4.69, 9.17) is 11.6 Å². The maximum Gasteiger partial charge on any atom is 0.256 e. The van der Waals surface area contributed by atoms with Crippen LogP contribution >= 0.6 is 34.2 Å². The minimum Gasteiger partial charge on any atom is -0.321 e. The molecule has 2 heterocycles. The molecule has 4 rings (SSSR count). The maximum absolute atomic E-state index is 12.4. The van der Waals surface area contributed by atoms with E-state index in [0.29, 0.717) is 10.6 Å². The Morgan fingerprint density at radius 3 is 2.54 bits per heavy atom. The molecule has 0 fully saturated rings. The summed E-state index contributed by atoms with van der Waals surface area (Å²) in [6.45, 7) is 4.15. The SMILES string of the molecule is Cc1cc(/C=C2\C(=O)Nc3ccc(Cl)cc32)c(C)n1-c1ccc(I)cc1. The smallest absolute Gasteiger partial charge is 0.256 e. The van der Waals surface area contributed by atoms with Crippen LogP contribution < -0.4 is 5.32 Å². The van der Waals surface area contributed by atoms with E-state index in [1.807, 2.05) is 18.2 Å². The lowest BCUT2D eigenvalue weighted by Crippen LogP contribution is -2.03. The van der Waals surface area contributed by atoms with E-state index < -0.39 is 0 Å². The van der Waals surface area contributed by atoms with Crippen molar-refractivity contribution in [3.8, 4) is 5.69 Å². The van der Waals surface area contributed by atoms with Gasteiger partial charge in [-0.15, -0.1) is 0 Å². The van der Waals surface area contributed by atoms with Gasteiger partial charge in [-0.3, -0.25) is 4.79 Å². The number of hydrogen-bond donors (Lipinski definition) is 1. The van der Waals surface area contributed by atoms with E-state index in [1.54, 1.807) is 6.07 Å². The van der Waals surface area contributed by atoms with Crippen molar-refractivity contribution in [1.82, 2.24) is 4.57 Å². The molecule has 3 aromatic rings. The predicted octanol–water partition coefficient (Wildman–Crippen LogP) is 5.84. The fraction of sp³-hybridized carbons (Fsp3) is 0.0952. The highest BCUT2D eigenvalue weighted by Crippen LogP contribution is 2.36. The number of halogens is 2. The minimum atomic E-state index is -0.0960. The van der Waals surface area contributed by atoms with Gasteiger partial charge in [0.05, 0.1) is 0 Å². The summed E-state index contributed by atoms with van der Waals surface area (Å²) in [4.78, 5) is 12.4. The number of benzene rings is 2. The molecular formula is C21H16ClIN2O. The third kappa shape index (κ3) is 2.97. The molecule has 0 saturated heterocycles. The average molecular weight is 475 g/mol. The van der Waals surface area contributed by atoms with Crippen LogP contribution in [0.4, 0.5) is 5.69 Å². The number of fused-ring (bicyclic) bond motifs is 1. The molecular weight excluding hydrogens is 459 g/mol. The predicted molar refractivity (Wildman–Crippen MR) is 116 cm³/mol. The van der Waals surface area contributed by atoms with Gasteiger partial charge in [0.25, 0.3) is 5.91 Å². The Kier molecular flexibility index (Phi) is 4.40. The van der Waals surface area contributed by atoms with E-state index >= 15 is 0 Å². The Labute approximate surface area is 170 Å². The third-order valence-electron chi connectivity index (χ3n) is 4.62. The molecule has 5 heteroatoms. The molecule has 0 aliphatic carbocycles. The Morgan fingerprint density at radius 2 is 1.81 bits per heavy atom. The second-order valence-corrected chi connectivity index (χ2v) is 8.02. The summed E-state index contributed by atoms with van der Waals surface area (Å²) in [6.07, 6.45) is 1.95. The number of hydrogen-bond acceptors (Lipinski definition) is 1. The fourth-order valence-corrected chi connectivity index (χ4v) is 3.91. The number of aryl methyl sites for hydroxylation is 1. The standard InChI is InChI=1S/C21H16ClIN2O/c1-12-9-14(13(2)25(12)17-6-4-16(23)5-7-17)10-19-18-11-15(22)3-8-20(18)24-21(19)26/h3-11H,1-2H3,(H,24,26)/b19-10-. The quantitative estimate of drug-likeness (QED) is 0.367. The van der Waals surface area contributed by atoms with E-state index in [-0.39, 0.29) is 5.91 Å². The maximum atomic E-state index is 12.4. The second kappa shape index (κ2) is 6.59. The summed E-state index contributed by atoms with van der Waals surface area (Å²) in [5.41, 5.74) is 6.66. The van der Waals surface area contributed by atoms with Gasteiger partial charge in [0.2, 0.25) is 0 Å². The van der Waals surface area contributed by atoms with Crippen LogP contribution in [-0.2, 0) is 4.79 Å². The topological polar surface area (TPSA) is 34.0 Å². The van der Waals surface area contributed by atoms with Gasteiger partial charge in [0, 0.05) is 42.5 Å². The lowest BCUT2D eigenvalue weighted by molar-refractivity contribution is -0.110. The van der Waals surface area contributed by atoms with E-state index in [2.05, 4.69) is 76.7 Å². The van der Waals surface area contributed by atoms with Crippen LogP contribution in [0, 0.1) is 17.4 Å². The molecule has 1 aromatic heterocycles. The summed E-state index contributed by atoms with van der Waals surface area (Å²) < 4.78 is 3.40. The summed E-state index contributed by atoms with van der Waals surface area (Å²) in [5, 5.41) is 3.52. The van der Waals surface area contributed by atoms with Crippen LogP contribution in [0.25, 0.3) is 17.3 Å². The summed E-state index contributed by atoms with van der Waals surface area (Å²) >= 11 is 8.42. The van der Waals surface area contributed by atoms with Gasteiger partial charge in [0.1, 0.15) is 0 Å². The molecule has 1 amide bonds. The monoisotopic (exact) mass is 474 g/mol. The first-order chi connectivity index (χ1) is 12.4. The van der Waals surface area contributed by atoms with Crippen molar-refractivity contribution in [2.45, 2.75) is 13.8 Å². The molecule has 0 radical (unpaired) electrons. The number of nitrogens with one attached hydrogen (secondary N) is 1. The summed E-state index contributed by atoms with van der Waals surface area (Å²) in [7, 11) is 0. The number of carbonyl (C=O) groups excluding carboxylic acids is 1. The summed E-state index contributed by atoms with van der Waals surface area (Å²) in [6, 6.07) is 16.0. The molecule has 2 aromatic carbocycles. The Bertz CT molecular complexity index is 1060. The van der Waals surface area contributed by atoms with Crippen molar-refractivity contribution in [2.24, 2.45) is 0 Å². The van der Waals surface area contributed by atoms with Crippen LogP contribution in [0.2, 0.25) is 5.02 Å². The van der Waals surface area contributed by atoms with Crippen molar-refractivity contribution in [3.05, 3.63) is 79.6 Å². The number of rotatable bonds is 2. The van der Waals surface area contributed by atoms with Crippen LogP contribution in [0.15, 0.2) is 48.5 Å². The van der Waals surface area contributed by atoms with Crippen molar-refractivity contribution in [1.29, 1.82) is 0 Å². The Morgan fingerprint density at radius 1 is 1.08 bits per heavy atom. The second-order valence-electron chi connectivity index (χ2n) is 6.34. The van der Waals surface area contributed by atoms with Crippen LogP contribution in [-0.4, -0.2) is 10.5 Å². The highest BCUT2D eigenvalue weighted by molar-refractivity contribution is 14.1. The number of nitrogens with zero attached hydrogens (tertiary/aromatic N) is 1. The number of amides is 1. The average Bonchev–Trinajstić information content (AvgIpc) is 3.06. The van der Waals surface area contributed by atoms with E-state index in [1.165, 1.54) is 3.57 Å². The van der Waals surface area contributed by atoms with Crippen LogP contribution in [0.1, 0.15) is 22.5 Å². The molecule has 1 N–H and O–H groups in total. The fourth-order valence-electron chi connectivity index (χ4n) is 3.38. The molecule has 0 atom stereocenters. The van der Waals surface area contributed by atoms with E-state index in [0.717, 1.165) is 33.9 Å². The van der Waals surface area contributed by atoms with Gasteiger partial charge < -0.3 is 9.88 Å². The molecule has 130 valence electrons. The molecule has 3 nitrogen and oxygen atoms in total. The Balaban J connectivity index is 1.82. The molecule has 1 aliphatic heterocycles. The molecule has 26 heavy (non-hydrogen) atoms. The highest BCUT2D eigenvalue weighted by atomic mass is 127.